The zero-order chi connectivity index (χ0) is 19.9. The van der Waals surface area contributed by atoms with Gasteiger partial charge in [-0.1, -0.05) is 43.3 Å². The van der Waals surface area contributed by atoms with Crippen molar-refractivity contribution in [2.45, 2.75) is 13.3 Å². The van der Waals surface area contributed by atoms with Crippen LogP contribution in [0.3, 0.4) is 0 Å². The molecule has 0 amide bonds. The molecule has 0 spiro atoms. The van der Waals surface area contributed by atoms with E-state index in [-0.39, 0.29) is 24.8 Å². The molecule has 28 heavy (non-hydrogen) atoms. The number of hydrogen-bond acceptors (Lipinski definition) is 5. The fourth-order valence-electron chi connectivity index (χ4n) is 2.72. The van der Waals surface area contributed by atoms with Crippen LogP contribution in [0.1, 0.15) is 34.1 Å². The summed E-state index contributed by atoms with van der Waals surface area (Å²) in [6.07, 6.45) is 0.428. The highest BCUT2D eigenvalue weighted by Crippen LogP contribution is 2.16. The Morgan fingerprint density at radius 1 is 0.750 bits per heavy atom. The molecule has 3 aromatic rings. The molecular formula is C23H20O5. The summed E-state index contributed by atoms with van der Waals surface area (Å²) in [5, 5.41) is 1.99. The standard InChI is InChI=1S/C23H20O5/c1-2-21(24)17-9-11-20(12-10-17)27-15-23(26)28-14-22(25)19-8-7-16-5-3-4-6-18(16)13-19/h3-13H,2,14-15H2,1H3. The molecular weight excluding hydrogens is 356 g/mol. The summed E-state index contributed by atoms with van der Waals surface area (Å²) in [6.45, 7) is 1.14. The lowest BCUT2D eigenvalue weighted by molar-refractivity contribution is -0.144. The number of rotatable bonds is 8. The summed E-state index contributed by atoms with van der Waals surface area (Å²) in [6, 6.07) is 19.6. The highest BCUT2D eigenvalue weighted by atomic mass is 16.6. The van der Waals surface area contributed by atoms with Crippen LogP contribution in [0.15, 0.2) is 66.7 Å². The average molecular weight is 376 g/mol. The Morgan fingerprint density at radius 3 is 2.14 bits per heavy atom. The topological polar surface area (TPSA) is 69.7 Å². The van der Waals surface area contributed by atoms with Crippen molar-refractivity contribution in [3.63, 3.8) is 0 Å². The van der Waals surface area contributed by atoms with Gasteiger partial charge in [0.05, 0.1) is 0 Å². The zero-order valence-corrected chi connectivity index (χ0v) is 15.5. The number of benzene rings is 3. The Kier molecular flexibility index (Phi) is 6.17. The highest BCUT2D eigenvalue weighted by molar-refractivity contribution is 6.01. The van der Waals surface area contributed by atoms with Crippen LogP contribution in [-0.2, 0) is 9.53 Å². The summed E-state index contributed by atoms with van der Waals surface area (Å²) in [7, 11) is 0. The van der Waals surface area contributed by atoms with Gasteiger partial charge in [0.15, 0.2) is 24.8 Å². The molecule has 5 nitrogen and oxygen atoms in total. The van der Waals surface area contributed by atoms with Crippen molar-refractivity contribution < 1.29 is 23.9 Å². The van der Waals surface area contributed by atoms with E-state index in [1.54, 1.807) is 43.3 Å². The minimum absolute atomic E-state index is 0.0400. The van der Waals surface area contributed by atoms with Gasteiger partial charge < -0.3 is 9.47 Å². The molecule has 0 aromatic heterocycles. The molecule has 0 aliphatic carbocycles. The Hall–Kier alpha value is -3.47. The second kappa shape index (κ2) is 8.95. The highest BCUT2D eigenvalue weighted by Gasteiger charge is 2.11. The van der Waals surface area contributed by atoms with Crippen LogP contribution in [0.5, 0.6) is 5.75 Å². The number of carbonyl (C=O) groups excluding carboxylic acids is 3. The summed E-state index contributed by atoms with van der Waals surface area (Å²) < 4.78 is 10.3. The molecule has 0 radical (unpaired) electrons. The molecule has 0 aliphatic heterocycles. The lowest BCUT2D eigenvalue weighted by Crippen LogP contribution is -2.19. The van der Waals surface area contributed by atoms with E-state index >= 15 is 0 Å². The number of Topliss-reactive ketones (excluding diaryl/α,β-unsaturated/α-hetero) is 2. The molecule has 3 rings (SSSR count). The number of ether oxygens (including phenoxy) is 2. The summed E-state index contributed by atoms with van der Waals surface area (Å²) in [4.78, 5) is 35.7. The van der Waals surface area contributed by atoms with E-state index < -0.39 is 5.97 Å². The van der Waals surface area contributed by atoms with Crippen molar-refractivity contribution in [2.75, 3.05) is 13.2 Å². The molecule has 3 aromatic carbocycles. The molecule has 0 atom stereocenters. The second-order valence-electron chi connectivity index (χ2n) is 6.24. The first kappa shape index (κ1) is 19.3. The van der Waals surface area contributed by atoms with Crippen molar-refractivity contribution in [1.82, 2.24) is 0 Å². The van der Waals surface area contributed by atoms with E-state index in [4.69, 9.17) is 9.47 Å². The maximum atomic E-state index is 12.2. The van der Waals surface area contributed by atoms with Crippen LogP contribution in [0.4, 0.5) is 0 Å². The van der Waals surface area contributed by atoms with Crippen LogP contribution < -0.4 is 4.74 Å². The van der Waals surface area contributed by atoms with Crippen LogP contribution in [0.2, 0.25) is 0 Å². The molecule has 0 heterocycles. The molecule has 142 valence electrons. The van der Waals surface area contributed by atoms with E-state index in [0.717, 1.165) is 10.8 Å². The third-order valence-corrected chi connectivity index (χ3v) is 4.29. The van der Waals surface area contributed by atoms with Gasteiger partial charge in [-0.25, -0.2) is 4.79 Å². The summed E-state index contributed by atoms with van der Waals surface area (Å²) >= 11 is 0. The van der Waals surface area contributed by atoms with Gasteiger partial charge >= 0.3 is 5.97 Å². The largest absolute Gasteiger partial charge is 0.482 e. The van der Waals surface area contributed by atoms with Crippen molar-refractivity contribution in [2.24, 2.45) is 0 Å². The fourth-order valence-corrected chi connectivity index (χ4v) is 2.72. The van der Waals surface area contributed by atoms with Crippen molar-refractivity contribution in [3.8, 4) is 5.75 Å². The maximum absolute atomic E-state index is 12.2. The molecule has 0 saturated heterocycles. The first-order valence-corrected chi connectivity index (χ1v) is 9.00. The molecule has 0 N–H and O–H groups in total. The van der Waals surface area contributed by atoms with Gasteiger partial charge in [0.25, 0.3) is 0 Å². The van der Waals surface area contributed by atoms with Gasteiger partial charge in [-0.15, -0.1) is 0 Å². The minimum atomic E-state index is -0.636. The SMILES string of the molecule is CCC(=O)c1ccc(OCC(=O)OCC(=O)c2ccc3ccccc3c2)cc1. The number of esters is 1. The van der Waals surface area contributed by atoms with Crippen LogP contribution >= 0.6 is 0 Å². The molecule has 0 unspecified atom stereocenters. The normalized spacial score (nSPS) is 10.5. The quantitative estimate of drug-likeness (QED) is 0.434. The minimum Gasteiger partial charge on any atom is -0.482 e. The number of ketones is 2. The average Bonchev–Trinajstić information content (AvgIpc) is 2.75. The van der Waals surface area contributed by atoms with Gasteiger partial charge in [-0.2, -0.15) is 0 Å². The van der Waals surface area contributed by atoms with E-state index in [0.29, 0.717) is 23.3 Å². The molecule has 0 bridgehead atoms. The number of fused-ring (bicyclic) bond motifs is 1. The van der Waals surface area contributed by atoms with E-state index in [2.05, 4.69) is 0 Å². The monoisotopic (exact) mass is 376 g/mol. The third-order valence-electron chi connectivity index (χ3n) is 4.29. The molecule has 0 aliphatic rings. The Balaban J connectivity index is 1.49. The predicted octanol–water partition coefficient (Wildman–Crippen LogP) is 4.24. The van der Waals surface area contributed by atoms with Gasteiger partial charge in [-0.3, -0.25) is 9.59 Å². The Labute approximate surface area is 162 Å². The van der Waals surface area contributed by atoms with Crippen LogP contribution in [-0.4, -0.2) is 30.7 Å². The van der Waals surface area contributed by atoms with Gasteiger partial charge in [-0.05, 0) is 41.1 Å². The number of carbonyl (C=O) groups is 3. The molecule has 5 heteroatoms. The van der Waals surface area contributed by atoms with Crippen molar-refractivity contribution >= 4 is 28.3 Å². The van der Waals surface area contributed by atoms with Crippen LogP contribution in [0.25, 0.3) is 10.8 Å². The second-order valence-corrected chi connectivity index (χ2v) is 6.24. The first-order valence-electron chi connectivity index (χ1n) is 9.00. The van der Waals surface area contributed by atoms with Gasteiger partial charge in [0, 0.05) is 17.5 Å². The third kappa shape index (κ3) is 4.82. The lowest BCUT2D eigenvalue weighted by atomic mass is 10.0. The maximum Gasteiger partial charge on any atom is 0.344 e. The summed E-state index contributed by atoms with van der Waals surface area (Å²) in [5.41, 5.74) is 1.09. The fraction of sp³-hybridized carbons (Fsp3) is 0.174. The predicted molar refractivity (Wildman–Crippen MR) is 106 cm³/mol. The van der Waals surface area contributed by atoms with E-state index in [1.165, 1.54) is 0 Å². The Bertz CT molecular complexity index is 1000. The van der Waals surface area contributed by atoms with E-state index in [1.807, 2.05) is 30.3 Å². The van der Waals surface area contributed by atoms with Crippen molar-refractivity contribution in [3.05, 3.63) is 77.9 Å². The van der Waals surface area contributed by atoms with Crippen molar-refractivity contribution in [1.29, 1.82) is 0 Å². The van der Waals surface area contributed by atoms with Crippen LogP contribution in [0, 0.1) is 0 Å². The zero-order valence-electron chi connectivity index (χ0n) is 15.5. The summed E-state index contributed by atoms with van der Waals surface area (Å²) in [5.74, 6) is -0.423. The lowest BCUT2D eigenvalue weighted by Gasteiger charge is -2.08. The van der Waals surface area contributed by atoms with Gasteiger partial charge in [0.1, 0.15) is 5.75 Å². The first-order chi connectivity index (χ1) is 13.6. The smallest absolute Gasteiger partial charge is 0.344 e. The molecule has 0 saturated carbocycles. The molecule has 0 fully saturated rings. The van der Waals surface area contributed by atoms with Gasteiger partial charge in [0.2, 0.25) is 0 Å². The van der Waals surface area contributed by atoms with E-state index in [9.17, 15) is 14.4 Å². The number of hydrogen-bond donors (Lipinski definition) is 0. The Morgan fingerprint density at radius 2 is 1.43 bits per heavy atom.